The van der Waals surface area contributed by atoms with Crippen molar-refractivity contribution in [1.82, 2.24) is 10.2 Å². The van der Waals surface area contributed by atoms with Crippen LogP contribution in [0, 0.1) is 5.92 Å². The van der Waals surface area contributed by atoms with Crippen LogP contribution in [-0.2, 0) is 16.1 Å². The van der Waals surface area contributed by atoms with Gasteiger partial charge in [-0.2, -0.15) is 0 Å². The Morgan fingerprint density at radius 1 is 1.11 bits per heavy atom. The standard InChI is InChI=1S/C22H36N2O4/c1-6-24(7-2)22(26)10-8-9-21(25)23-16-18-11-12-19(20(15-18)27-5)28-14-13-17(3)4/h11-12,15,17H,6-10,13-14,16H2,1-5H3,(H,23,25). The van der Waals surface area contributed by atoms with Crippen LogP contribution in [0.25, 0.3) is 0 Å². The lowest BCUT2D eigenvalue weighted by Crippen LogP contribution is -2.30. The lowest BCUT2D eigenvalue weighted by molar-refractivity contribution is -0.131. The summed E-state index contributed by atoms with van der Waals surface area (Å²) in [5.74, 6) is 2.02. The molecule has 158 valence electrons. The van der Waals surface area contributed by atoms with Crippen LogP contribution in [0.3, 0.4) is 0 Å². The largest absolute Gasteiger partial charge is 0.493 e. The monoisotopic (exact) mass is 392 g/mol. The van der Waals surface area contributed by atoms with E-state index in [4.69, 9.17) is 9.47 Å². The molecule has 1 rings (SSSR count). The summed E-state index contributed by atoms with van der Waals surface area (Å²) >= 11 is 0. The highest BCUT2D eigenvalue weighted by Gasteiger charge is 2.11. The van der Waals surface area contributed by atoms with Crippen LogP contribution in [-0.4, -0.2) is 43.5 Å². The summed E-state index contributed by atoms with van der Waals surface area (Å²) in [5.41, 5.74) is 0.945. The molecule has 1 N–H and O–H groups in total. The molecule has 0 bridgehead atoms. The van der Waals surface area contributed by atoms with Gasteiger partial charge in [-0.15, -0.1) is 0 Å². The average Bonchev–Trinajstić information content (AvgIpc) is 2.67. The molecule has 0 aliphatic rings. The van der Waals surface area contributed by atoms with Gasteiger partial charge in [-0.3, -0.25) is 9.59 Å². The van der Waals surface area contributed by atoms with Crippen LogP contribution in [0.4, 0.5) is 0 Å². The van der Waals surface area contributed by atoms with Gasteiger partial charge in [0.05, 0.1) is 13.7 Å². The number of benzene rings is 1. The highest BCUT2D eigenvalue weighted by Crippen LogP contribution is 2.28. The molecule has 28 heavy (non-hydrogen) atoms. The molecule has 0 heterocycles. The van der Waals surface area contributed by atoms with E-state index < -0.39 is 0 Å². The number of methoxy groups -OCH3 is 1. The molecule has 0 unspecified atom stereocenters. The van der Waals surface area contributed by atoms with Crippen molar-refractivity contribution in [1.29, 1.82) is 0 Å². The first-order valence-corrected chi connectivity index (χ1v) is 10.2. The van der Waals surface area contributed by atoms with Crippen LogP contribution < -0.4 is 14.8 Å². The number of carbonyl (C=O) groups excluding carboxylic acids is 2. The number of ether oxygens (including phenoxy) is 2. The molecule has 0 aromatic heterocycles. The second kappa shape index (κ2) is 13.0. The Morgan fingerprint density at radius 3 is 2.43 bits per heavy atom. The molecule has 0 radical (unpaired) electrons. The SMILES string of the molecule is CCN(CC)C(=O)CCCC(=O)NCc1ccc(OCCC(C)C)c(OC)c1. The molecule has 6 heteroatoms. The number of hydrogen-bond donors (Lipinski definition) is 1. The molecule has 0 aliphatic carbocycles. The van der Waals surface area contributed by atoms with E-state index in [-0.39, 0.29) is 11.8 Å². The molecular formula is C22H36N2O4. The fraction of sp³-hybridized carbons (Fsp3) is 0.636. The molecule has 2 amide bonds. The van der Waals surface area contributed by atoms with Crippen molar-refractivity contribution in [2.75, 3.05) is 26.8 Å². The van der Waals surface area contributed by atoms with Crippen molar-refractivity contribution in [3.8, 4) is 11.5 Å². The summed E-state index contributed by atoms with van der Waals surface area (Å²) in [4.78, 5) is 25.8. The lowest BCUT2D eigenvalue weighted by Gasteiger charge is -2.18. The van der Waals surface area contributed by atoms with Gasteiger partial charge in [0.15, 0.2) is 11.5 Å². The van der Waals surface area contributed by atoms with Gasteiger partial charge in [0, 0.05) is 32.5 Å². The van der Waals surface area contributed by atoms with E-state index in [2.05, 4.69) is 19.2 Å². The number of hydrogen-bond acceptors (Lipinski definition) is 4. The van der Waals surface area contributed by atoms with Gasteiger partial charge < -0.3 is 19.7 Å². The lowest BCUT2D eigenvalue weighted by atomic mass is 10.1. The van der Waals surface area contributed by atoms with Crippen LogP contribution >= 0.6 is 0 Å². The summed E-state index contributed by atoms with van der Waals surface area (Å²) in [6, 6.07) is 5.69. The molecule has 1 aromatic rings. The minimum absolute atomic E-state index is 0.0522. The Balaban J connectivity index is 2.42. The van der Waals surface area contributed by atoms with Crippen molar-refractivity contribution in [3.63, 3.8) is 0 Å². The topological polar surface area (TPSA) is 67.9 Å². The van der Waals surface area contributed by atoms with Gasteiger partial charge in [0.1, 0.15) is 0 Å². The maximum absolute atomic E-state index is 12.0. The smallest absolute Gasteiger partial charge is 0.222 e. The van der Waals surface area contributed by atoms with E-state index in [1.807, 2.05) is 32.0 Å². The Bertz CT molecular complexity index is 613. The molecule has 0 spiro atoms. The normalized spacial score (nSPS) is 10.6. The average molecular weight is 393 g/mol. The predicted octanol–water partition coefficient (Wildman–Crippen LogP) is 3.78. The molecule has 0 saturated carbocycles. The summed E-state index contributed by atoms with van der Waals surface area (Å²) in [6.07, 6.45) is 2.30. The number of carbonyl (C=O) groups is 2. The van der Waals surface area contributed by atoms with Crippen molar-refractivity contribution in [3.05, 3.63) is 23.8 Å². The van der Waals surface area contributed by atoms with Crippen LogP contribution in [0.15, 0.2) is 18.2 Å². The van der Waals surface area contributed by atoms with E-state index in [1.54, 1.807) is 12.0 Å². The third kappa shape index (κ3) is 8.63. The van der Waals surface area contributed by atoms with Crippen LogP contribution in [0.5, 0.6) is 11.5 Å². The maximum atomic E-state index is 12.0. The van der Waals surface area contributed by atoms with Gasteiger partial charge in [0.2, 0.25) is 11.8 Å². The fourth-order valence-corrected chi connectivity index (χ4v) is 2.77. The zero-order chi connectivity index (χ0) is 20.9. The highest BCUT2D eigenvalue weighted by atomic mass is 16.5. The second-order valence-corrected chi connectivity index (χ2v) is 7.21. The quantitative estimate of drug-likeness (QED) is 0.555. The van der Waals surface area contributed by atoms with Crippen LogP contribution in [0.2, 0.25) is 0 Å². The molecule has 0 saturated heterocycles. The second-order valence-electron chi connectivity index (χ2n) is 7.21. The summed E-state index contributed by atoms with van der Waals surface area (Å²) in [5, 5.41) is 2.90. The minimum atomic E-state index is -0.0522. The number of nitrogens with zero attached hydrogens (tertiary/aromatic N) is 1. The van der Waals surface area contributed by atoms with Gasteiger partial charge in [-0.05, 0) is 50.3 Å². The Hall–Kier alpha value is -2.24. The number of rotatable bonds is 13. The van der Waals surface area contributed by atoms with Crippen molar-refractivity contribution < 1.29 is 19.1 Å². The van der Waals surface area contributed by atoms with E-state index in [9.17, 15) is 9.59 Å². The maximum Gasteiger partial charge on any atom is 0.222 e. The number of nitrogens with one attached hydrogen (secondary N) is 1. The summed E-state index contributed by atoms with van der Waals surface area (Å²) < 4.78 is 11.2. The van der Waals surface area contributed by atoms with Gasteiger partial charge >= 0.3 is 0 Å². The Kier molecular flexibility index (Phi) is 11.1. The van der Waals surface area contributed by atoms with Gasteiger partial charge in [-0.1, -0.05) is 19.9 Å². The van der Waals surface area contributed by atoms with Crippen LogP contribution in [0.1, 0.15) is 58.9 Å². The van der Waals surface area contributed by atoms with E-state index in [0.717, 1.165) is 12.0 Å². The van der Waals surface area contributed by atoms with Crippen molar-refractivity contribution in [2.24, 2.45) is 5.92 Å². The molecule has 1 aromatic carbocycles. The van der Waals surface area contributed by atoms with E-state index in [1.165, 1.54) is 0 Å². The number of amides is 2. The summed E-state index contributed by atoms with van der Waals surface area (Å²) in [7, 11) is 1.61. The zero-order valence-corrected chi connectivity index (χ0v) is 18.0. The predicted molar refractivity (Wildman–Crippen MR) is 112 cm³/mol. The van der Waals surface area contributed by atoms with Crippen molar-refractivity contribution in [2.45, 2.75) is 59.9 Å². The molecule has 0 aliphatic heterocycles. The zero-order valence-electron chi connectivity index (χ0n) is 18.0. The van der Waals surface area contributed by atoms with Gasteiger partial charge in [-0.25, -0.2) is 0 Å². The third-order valence-electron chi connectivity index (χ3n) is 4.58. The first-order chi connectivity index (χ1) is 13.4. The highest BCUT2D eigenvalue weighted by molar-refractivity contribution is 5.78. The Labute approximate surface area is 169 Å². The van der Waals surface area contributed by atoms with E-state index in [0.29, 0.717) is 62.9 Å². The third-order valence-corrected chi connectivity index (χ3v) is 4.58. The van der Waals surface area contributed by atoms with Gasteiger partial charge in [0.25, 0.3) is 0 Å². The fourth-order valence-electron chi connectivity index (χ4n) is 2.77. The first-order valence-electron chi connectivity index (χ1n) is 10.2. The van der Waals surface area contributed by atoms with E-state index >= 15 is 0 Å². The minimum Gasteiger partial charge on any atom is -0.493 e. The molecule has 6 nitrogen and oxygen atoms in total. The molecule has 0 fully saturated rings. The first kappa shape index (κ1) is 23.8. The molecule has 0 atom stereocenters. The Morgan fingerprint density at radius 2 is 1.82 bits per heavy atom. The molecular weight excluding hydrogens is 356 g/mol. The summed E-state index contributed by atoms with van der Waals surface area (Å²) in [6.45, 7) is 10.7. The van der Waals surface area contributed by atoms with Crippen molar-refractivity contribution >= 4 is 11.8 Å².